The molecular weight excluding hydrogens is 274 g/mol. The van der Waals surface area contributed by atoms with Gasteiger partial charge in [0, 0.05) is 12.6 Å². The van der Waals surface area contributed by atoms with Crippen LogP contribution in [0, 0.1) is 6.92 Å². The van der Waals surface area contributed by atoms with E-state index in [1.807, 2.05) is 27.7 Å². The van der Waals surface area contributed by atoms with Crippen LogP contribution < -0.4 is 16.4 Å². The zero-order chi connectivity index (χ0) is 15.7. The molecule has 0 fully saturated rings. The highest BCUT2D eigenvalue weighted by Crippen LogP contribution is 2.19. The summed E-state index contributed by atoms with van der Waals surface area (Å²) in [6, 6.07) is -0.419. The average Bonchev–Trinajstić information content (AvgIpc) is 2.51. The highest BCUT2D eigenvalue weighted by atomic mass is 32.1. The summed E-state index contributed by atoms with van der Waals surface area (Å²) in [5, 5.41) is 10.3. The molecule has 0 aliphatic carbocycles. The Kier molecular flexibility index (Phi) is 4.75. The van der Waals surface area contributed by atoms with E-state index in [2.05, 4.69) is 15.7 Å². The van der Waals surface area contributed by atoms with Gasteiger partial charge in [0.25, 0.3) is 0 Å². The predicted octanol–water partition coefficient (Wildman–Crippen LogP) is 1.08. The molecule has 0 aliphatic heterocycles. The number of nitrogens with zero attached hydrogens (tertiary/aromatic N) is 2. The number of anilines is 1. The van der Waals surface area contributed by atoms with Crippen molar-refractivity contribution >= 4 is 28.9 Å². The van der Waals surface area contributed by atoms with Gasteiger partial charge < -0.3 is 16.4 Å². The molecule has 0 radical (unpaired) electrons. The van der Waals surface area contributed by atoms with Gasteiger partial charge in [-0.25, -0.2) is 0 Å². The topological polar surface area (TPSA) is 85.0 Å². The monoisotopic (exact) mass is 297 g/mol. The molecule has 20 heavy (non-hydrogen) atoms. The standard InChI is InChI=1S/C13H23N5OS/c1-7-9(10(14)20)11(18(6)17-7)15-8(2)12(19)16-13(3,4)5/h8,15H,1-6H3,(H2,14,20)(H,16,19). The Labute approximate surface area is 125 Å². The molecule has 0 saturated carbocycles. The molecule has 1 aromatic heterocycles. The maximum atomic E-state index is 12.1. The van der Waals surface area contributed by atoms with Gasteiger partial charge in [-0.3, -0.25) is 9.48 Å². The lowest BCUT2D eigenvalue weighted by molar-refractivity contribution is -0.122. The van der Waals surface area contributed by atoms with E-state index in [-0.39, 0.29) is 16.4 Å². The predicted molar refractivity (Wildman–Crippen MR) is 84.8 cm³/mol. The second kappa shape index (κ2) is 5.78. The van der Waals surface area contributed by atoms with Crippen LogP contribution in [0.2, 0.25) is 0 Å². The number of thiocarbonyl (C=S) groups is 1. The summed E-state index contributed by atoms with van der Waals surface area (Å²) >= 11 is 5.04. The zero-order valence-electron chi connectivity index (χ0n) is 12.9. The highest BCUT2D eigenvalue weighted by Gasteiger charge is 2.22. The minimum Gasteiger partial charge on any atom is -0.389 e. The minimum absolute atomic E-state index is 0.0924. The number of aryl methyl sites for hydroxylation is 2. The fourth-order valence-electron chi connectivity index (χ4n) is 1.87. The first kappa shape index (κ1) is 16.4. The molecule has 0 aromatic carbocycles. The van der Waals surface area contributed by atoms with E-state index in [0.717, 1.165) is 5.69 Å². The van der Waals surface area contributed by atoms with Crippen molar-refractivity contribution < 1.29 is 4.79 Å². The van der Waals surface area contributed by atoms with Crippen molar-refractivity contribution in [1.82, 2.24) is 15.1 Å². The van der Waals surface area contributed by atoms with Gasteiger partial charge in [0.1, 0.15) is 16.8 Å². The van der Waals surface area contributed by atoms with Gasteiger partial charge in [0.05, 0.1) is 11.3 Å². The van der Waals surface area contributed by atoms with E-state index in [1.165, 1.54) is 0 Å². The molecular formula is C13H23N5OS. The largest absolute Gasteiger partial charge is 0.389 e. The van der Waals surface area contributed by atoms with Gasteiger partial charge in [-0.15, -0.1) is 0 Å². The fourth-order valence-corrected chi connectivity index (χ4v) is 2.11. The first-order chi connectivity index (χ1) is 9.03. The second-order valence-electron chi connectivity index (χ2n) is 5.90. The van der Waals surface area contributed by atoms with E-state index < -0.39 is 6.04 Å². The second-order valence-corrected chi connectivity index (χ2v) is 6.34. The molecule has 1 amide bonds. The van der Waals surface area contributed by atoms with Crippen LogP contribution in [-0.4, -0.2) is 32.3 Å². The van der Waals surface area contributed by atoms with Crippen molar-refractivity contribution in [3.8, 4) is 0 Å². The van der Waals surface area contributed by atoms with E-state index in [1.54, 1.807) is 18.7 Å². The van der Waals surface area contributed by atoms with Crippen molar-refractivity contribution in [2.75, 3.05) is 5.32 Å². The normalized spacial score (nSPS) is 12.9. The first-order valence-electron chi connectivity index (χ1n) is 6.45. The Balaban J connectivity index is 2.94. The smallest absolute Gasteiger partial charge is 0.242 e. The van der Waals surface area contributed by atoms with Crippen LogP contribution in [-0.2, 0) is 11.8 Å². The van der Waals surface area contributed by atoms with Gasteiger partial charge >= 0.3 is 0 Å². The molecule has 7 heteroatoms. The molecule has 112 valence electrons. The number of carbonyl (C=O) groups is 1. The zero-order valence-corrected chi connectivity index (χ0v) is 13.7. The number of carbonyl (C=O) groups excluding carboxylic acids is 1. The maximum absolute atomic E-state index is 12.1. The lowest BCUT2D eigenvalue weighted by Crippen LogP contribution is -2.47. The van der Waals surface area contributed by atoms with Crippen LogP contribution in [0.4, 0.5) is 5.82 Å². The Morgan fingerprint density at radius 2 is 2.00 bits per heavy atom. The van der Waals surface area contributed by atoms with Gasteiger partial charge in [-0.2, -0.15) is 5.10 Å². The first-order valence-corrected chi connectivity index (χ1v) is 6.85. The van der Waals surface area contributed by atoms with Crippen LogP contribution >= 0.6 is 12.2 Å². The van der Waals surface area contributed by atoms with Gasteiger partial charge in [0.15, 0.2) is 0 Å². The summed E-state index contributed by atoms with van der Waals surface area (Å²) in [5.74, 6) is 0.566. The Morgan fingerprint density at radius 1 is 1.45 bits per heavy atom. The molecule has 4 N–H and O–H groups in total. The van der Waals surface area contributed by atoms with Crippen LogP contribution in [0.5, 0.6) is 0 Å². The van der Waals surface area contributed by atoms with Crippen molar-refractivity contribution in [1.29, 1.82) is 0 Å². The number of hydrogen-bond acceptors (Lipinski definition) is 4. The molecule has 0 spiro atoms. The number of hydrogen-bond donors (Lipinski definition) is 3. The van der Waals surface area contributed by atoms with Crippen molar-refractivity contribution in [3.05, 3.63) is 11.3 Å². The Bertz CT molecular complexity index is 530. The molecule has 1 rings (SSSR count). The summed E-state index contributed by atoms with van der Waals surface area (Å²) < 4.78 is 1.64. The third-order valence-electron chi connectivity index (χ3n) is 2.71. The third-order valence-corrected chi connectivity index (χ3v) is 2.92. The summed E-state index contributed by atoms with van der Waals surface area (Å²) in [6.07, 6.45) is 0. The lowest BCUT2D eigenvalue weighted by atomic mass is 10.1. The summed E-state index contributed by atoms with van der Waals surface area (Å²) in [5.41, 5.74) is 6.86. The fraction of sp³-hybridized carbons (Fsp3) is 0.615. The van der Waals surface area contributed by atoms with E-state index in [4.69, 9.17) is 18.0 Å². The average molecular weight is 297 g/mol. The molecule has 1 heterocycles. The van der Waals surface area contributed by atoms with E-state index in [0.29, 0.717) is 11.4 Å². The number of nitrogens with one attached hydrogen (secondary N) is 2. The van der Waals surface area contributed by atoms with E-state index in [9.17, 15) is 4.79 Å². The van der Waals surface area contributed by atoms with E-state index >= 15 is 0 Å². The third kappa shape index (κ3) is 3.93. The summed E-state index contributed by atoms with van der Waals surface area (Å²) in [7, 11) is 1.78. The number of rotatable bonds is 4. The Morgan fingerprint density at radius 3 is 2.45 bits per heavy atom. The molecule has 0 aliphatic rings. The Hall–Kier alpha value is -1.63. The molecule has 1 unspecified atom stereocenters. The number of aromatic nitrogens is 2. The number of nitrogens with two attached hydrogens (primary N) is 1. The lowest BCUT2D eigenvalue weighted by Gasteiger charge is -2.24. The quantitative estimate of drug-likeness (QED) is 0.724. The van der Waals surface area contributed by atoms with Crippen molar-refractivity contribution in [2.45, 2.75) is 46.2 Å². The summed E-state index contributed by atoms with van der Waals surface area (Å²) in [4.78, 5) is 12.4. The SMILES string of the molecule is Cc1nn(C)c(NC(C)C(=O)NC(C)(C)C)c1C(N)=S. The van der Waals surface area contributed by atoms with Gasteiger partial charge in [-0.1, -0.05) is 12.2 Å². The van der Waals surface area contributed by atoms with Gasteiger partial charge in [-0.05, 0) is 34.6 Å². The van der Waals surface area contributed by atoms with Crippen LogP contribution in [0.25, 0.3) is 0 Å². The highest BCUT2D eigenvalue weighted by molar-refractivity contribution is 7.80. The molecule has 0 bridgehead atoms. The number of amides is 1. The molecule has 1 atom stereocenters. The minimum atomic E-state index is -0.419. The summed E-state index contributed by atoms with van der Waals surface area (Å²) in [6.45, 7) is 9.43. The van der Waals surface area contributed by atoms with Crippen LogP contribution in [0.3, 0.4) is 0 Å². The maximum Gasteiger partial charge on any atom is 0.242 e. The van der Waals surface area contributed by atoms with Gasteiger partial charge in [0.2, 0.25) is 5.91 Å². The van der Waals surface area contributed by atoms with Crippen molar-refractivity contribution in [3.63, 3.8) is 0 Å². The van der Waals surface area contributed by atoms with Crippen LogP contribution in [0.15, 0.2) is 0 Å². The van der Waals surface area contributed by atoms with Crippen LogP contribution in [0.1, 0.15) is 39.0 Å². The molecule has 6 nitrogen and oxygen atoms in total. The van der Waals surface area contributed by atoms with Crippen molar-refractivity contribution in [2.24, 2.45) is 12.8 Å². The molecule has 1 aromatic rings. The molecule has 0 saturated heterocycles.